The maximum Gasteiger partial charge on any atom is -0.00134 e. The minimum absolute atomic E-state index is 0.410. The lowest BCUT2D eigenvalue weighted by atomic mass is 9.75. The van der Waals surface area contributed by atoms with E-state index in [9.17, 15) is 0 Å². The lowest BCUT2D eigenvalue weighted by molar-refractivity contribution is 0.200. The Balaban J connectivity index is 0.000000606. The number of benzene rings is 1. The molecule has 1 aromatic rings. The standard InChI is InChI=1S/C13H19N.C2H6/c1-13(8-10-14(2)11-9-13)12-6-4-3-5-7-12;1-2/h3-7H,8-11H2,1-2H3;1-2H3. The molecule has 1 nitrogen and oxygen atoms in total. The minimum Gasteiger partial charge on any atom is -0.306 e. The first-order valence-corrected chi connectivity index (χ1v) is 6.45. The van der Waals surface area contributed by atoms with Crippen LogP contribution in [-0.2, 0) is 5.41 Å². The molecule has 0 atom stereocenters. The molecule has 1 fully saturated rings. The van der Waals surface area contributed by atoms with E-state index in [0.29, 0.717) is 5.41 Å². The number of hydrogen-bond acceptors (Lipinski definition) is 1. The number of likely N-dealkylation sites (tertiary alicyclic amines) is 1. The molecule has 0 saturated carbocycles. The predicted octanol–water partition coefficient (Wildman–Crippen LogP) is 3.70. The number of hydrogen-bond donors (Lipinski definition) is 0. The smallest absolute Gasteiger partial charge is 0.00134 e. The molecular weight excluding hydrogens is 194 g/mol. The van der Waals surface area contributed by atoms with Gasteiger partial charge in [-0.1, -0.05) is 51.1 Å². The Bertz CT molecular complexity index is 284. The molecule has 0 unspecified atom stereocenters. The third-order valence-electron chi connectivity index (χ3n) is 3.56. The number of rotatable bonds is 1. The van der Waals surface area contributed by atoms with Crippen LogP contribution in [-0.4, -0.2) is 25.0 Å². The maximum atomic E-state index is 2.42. The molecule has 0 N–H and O–H groups in total. The Morgan fingerprint density at radius 3 is 2.00 bits per heavy atom. The van der Waals surface area contributed by atoms with Crippen molar-refractivity contribution in [2.24, 2.45) is 0 Å². The molecule has 0 spiro atoms. The van der Waals surface area contributed by atoms with Gasteiger partial charge in [0.25, 0.3) is 0 Å². The summed E-state index contributed by atoms with van der Waals surface area (Å²) in [5, 5.41) is 0. The van der Waals surface area contributed by atoms with Crippen LogP contribution in [0.5, 0.6) is 0 Å². The second-order valence-corrected chi connectivity index (χ2v) is 4.73. The van der Waals surface area contributed by atoms with E-state index in [0.717, 1.165) is 0 Å². The zero-order valence-corrected chi connectivity index (χ0v) is 11.2. The van der Waals surface area contributed by atoms with Crippen LogP contribution < -0.4 is 0 Å². The van der Waals surface area contributed by atoms with Crippen LogP contribution in [0.2, 0.25) is 0 Å². The van der Waals surface area contributed by atoms with Crippen LogP contribution >= 0.6 is 0 Å². The summed E-state index contributed by atoms with van der Waals surface area (Å²) in [7, 11) is 2.21. The van der Waals surface area contributed by atoms with Crippen LogP contribution in [0.15, 0.2) is 30.3 Å². The fraction of sp³-hybridized carbons (Fsp3) is 0.600. The van der Waals surface area contributed by atoms with Crippen molar-refractivity contribution in [3.63, 3.8) is 0 Å². The Hall–Kier alpha value is -0.820. The summed E-state index contributed by atoms with van der Waals surface area (Å²) in [6.07, 6.45) is 2.57. The Morgan fingerprint density at radius 1 is 1.00 bits per heavy atom. The molecule has 1 heterocycles. The molecular formula is C15H25N. The first kappa shape index (κ1) is 13.2. The Labute approximate surface area is 100 Å². The van der Waals surface area contributed by atoms with Crippen LogP contribution in [0.4, 0.5) is 0 Å². The molecule has 1 aliphatic heterocycles. The van der Waals surface area contributed by atoms with E-state index in [-0.39, 0.29) is 0 Å². The summed E-state index contributed by atoms with van der Waals surface area (Å²) < 4.78 is 0. The SMILES string of the molecule is CC.CN1CCC(C)(c2ccccc2)CC1. The minimum atomic E-state index is 0.410. The predicted molar refractivity (Wildman–Crippen MR) is 71.9 cm³/mol. The van der Waals surface area contributed by atoms with Gasteiger partial charge in [-0.25, -0.2) is 0 Å². The van der Waals surface area contributed by atoms with E-state index >= 15 is 0 Å². The highest BCUT2D eigenvalue weighted by molar-refractivity contribution is 5.25. The van der Waals surface area contributed by atoms with Gasteiger partial charge in [-0.15, -0.1) is 0 Å². The van der Waals surface area contributed by atoms with Crippen molar-refractivity contribution in [1.29, 1.82) is 0 Å². The fourth-order valence-electron chi connectivity index (χ4n) is 2.24. The highest BCUT2D eigenvalue weighted by atomic mass is 15.1. The van der Waals surface area contributed by atoms with Crippen molar-refractivity contribution in [2.75, 3.05) is 20.1 Å². The van der Waals surface area contributed by atoms with Gasteiger partial charge in [0.05, 0.1) is 0 Å². The highest BCUT2D eigenvalue weighted by Crippen LogP contribution is 2.34. The normalized spacial score (nSPS) is 19.8. The molecule has 1 aliphatic rings. The zero-order chi connectivity index (χ0) is 12.0. The van der Waals surface area contributed by atoms with E-state index < -0.39 is 0 Å². The summed E-state index contributed by atoms with van der Waals surface area (Å²) in [5.41, 5.74) is 1.92. The van der Waals surface area contributed by atoms with Gasteiger partial charge in [0, 0.05) is 0 Å². The van der Waals surface area contributed by atoms with E-state index in [2.05, 4.69) is 49.2 Å². The average molecular weight is 219 g/mol. The van der Waals surface area contributed by atoms with Crippen molar-refractivity contribution in [3.05, 3.63) is 35.9 Å². The van der Waals surface area contributed by atoms with E-state index in [4.69, 9.17) is 0 Å². The second kappa shape index (κ2) is 6.05. The third-order valence-corrected chi connectivity index (χ3v) is 3.56. The largest absolute Gasteiger partial charge is 0.306 e. The van der Waals surface area contributed by atoms with Gasteiger partial charge in [-0.2, -0.15) is 0 Å². The topological polar surface area (TPSA) is 3.24 Å². The van der Waals surface area contributed by atoms with Crippen molar-refractivity contribution in [1.82, 2.24) is 4.90 Å². The van der Waals surface area contributed by atoms with Crippen molar-refractivity contribution in [3.8, 4) is 0 Å². The monoisotopic (exact) mass is 219 g/mol. The zero-order valence-electron chi connectivity index (χ0n) is 11.2. The second-order valence-electron chi connectivity index (χ2n) is 4.73. The van der Waals surface area contributed by atoms with Gasteiger partial charge < -0.3 is 4.90 Å². The molecule has 0 radical (unpaired) electrons. The van der Waals surface area contributed by atoms with Gasteiger partial charge in [-0.05, 0) is 44.0 Å². The first-order valence-electron chi connectivity index (χ1n) is 6.45. The van der Waals surface area contributed by atoms with Gasteiger partial charge in [0.1, 0.15) is 0 Å². The highest BCUT2D eigenvalue weighted by Gasteiger charge is 2.29. The Kier molecular flexibility index (Phi) is 5.01. The molecule has 0 amide bonds. The molecule has 90 valence electrons. The third kappa shape index (κ3) is 3.08. The lowest BCUT2D eigenvalue weighted by Crippen LogP contribution is -2.38. The molecule has 1 saturated heterocycles. The maximum absolute atomic E-state index is 2.42. The van der Waals surface area contributed by atoms with Gasteiger partial charge in [0.15, 0.2) is 0 Å². The van der Waals surface area contributed by atoms with Gasteiger partial charge in [0.2, 0.25) is 0 Å². The number of piperidine rings is 1. The molecule has 0 bridgehead atoms. The van der Waals surface area contributed by atoms with Crippen LogP contribution in [0, 0.1) is 0 Å². The van der Waals surface area contributed by atoms with Crippen molar-refractivity contribution >= 4 is 0 Å². The molecule has 1 heteroatoms. The van der Waals surface area contributed by atoms with Gasteiger partial charge in [-0.3, -0.25) is 0 Å². The first-order chi connectivity index (χ1) is 7.71. The van der Waals surface area contributed by atoms with Crippen LogP contribution in [0.25, 0.3) is 0 Å². The number of nitrogens with zero attached hydrogens (tertiary/aromatic N) is 1. The Morgan fingerprint density at radius 2 is 1.50 bits per heavy atom. The summed E-state index contributed by atoms with van der Waals surface area (Å²) in [6.45, 7) is 8.85. The molecule has 0 aromatic heterocycles. The van der Waals surface area contributed by atoms with E-state index in [1.807, 2.05) is 13.8 Å². The van der Waals surface area contributed by atoms with E-state index in [1.54, 1.807) is 0 Å². The quantitative estimate of drug-likeness (QED) is 0.696. The van der Waals surface area contributed by atoms with Crippen molar-refractivity contribution in [2.45, 2.75) is 39.0 Å². The average Bonchev–Trinajstić information content (AvgIpc) is 2.37. The summed E-state index contributed by atoms with van der Waals surface area (Å²) in [5.74, 6) is 0. The summed E-state index contributed by atoms with van der Waals surface area (Å²) >= 11 is 0. The summed E-state index contributed by atoms with van der Waals surface area (Å²) in [4.78, 5) is 2.42. The summed E-state index contributed by atoms with van der Waals surface area (Å²) in [6, 6.07) is 10.9. The van der Waals surface area contributed by atoms with E-state index in [1.165, 1.54) is 31.5 Å². The molecule has 16 heavy (non-hydrogen) atoms. The molecule has 1 aromatic carbocycles. The molecule has 2 rings (SSSR count). The van der Waals surface area contributed by atoms with Gasteiger partial charge >= 0.3 is 0 Å². The fourth-order valence-corrected chi connectivity index (χ4v) is 2.24. The molecule has 0 aliphatic carbocycles. The van der Waals surface area contributed by atoms with Crippen LogP contribution in [0.3, 0.4) is 0 Å². The van der Waals surface area contributed by atoms with Crippen LogP contribution in [0.1, 0.15) is 39.2 Å². The van der Waals surface area contributed by atoms with Crippen molar-refractivity contribution < 1.29 is 0 Å². The lowest BCUT2D eigenvalue weighted by Gasteiger charge is -2.38.